The van der Waals surface area contributed by atoms with Gasteiger partial charge < -0.3 is 5.32 Å². The second-order valence-corrected chi connectivity index (χ2v) is 5.84. The zero-order valence-electron chi connectivity index (χ0n) is 12.9. The number of benzene rings is 1. The van der Waals surface area contributed by atoms with Gasteiger partial charge in [-0.25, -0.2) is 4.98 Å². The van der Waals surface area contributed by atoms with Gasteiger partial charge in [-0.3, -0.25) is 14.4 Å². The number of rotatable bonds is 8. The van der Waals surface area contributed by atoms with Crippen LogP contribution in [0.1, 0.15) is 13.3 Å². The summed E-state index contributed by atoms with van der Waals surface area (Å²) in [4.78, 5) is 18.1. The molecule has 2 aromatic rings. The summed E-state index contributed by atoms with van der Waals surface area (Å²) in [5.41, 5.74) is 0.458. The standard InChI is InChI=1S/C15H19Cl2N5O/c1-2-21(7-4-8-22-11-18-10-19-22)9-14(23)20-15-12(16)5-3-6-13(15)17/h3,5-6,10-11H,2,4,7-9H2,1H3,(H,20,23). The first kappa shape index (κ1) is 17.7. The summed E-state index contributed by atoms with van der Waals surface area (Å²) in [6.45, 7) is 4.65. The fourth-order valence-corrected chi connectivity index (χ4v) is 2.64. The number of halogens is 2. The van der Waals surface area contributed by atoms with Crippen molar-refractivity contribution in [2.75, 3.05) is 25.0 Å². The zero-order valence-corrected chi connectivity index (χ0v) is 14.4. The molecule has 0 bridgehead atoms. The number of aromatic nitrogens is 3. The van der Waals surface area contributed by atoms with E-state index in [0.29, 0.717) is 15.7 Å². The molecule has 1 amide bonds. The summed E-state index contributed by atoms with van der Waals surface area (Å²) >= 11 is 12.1. The van der Waals surface area contributed by atoms with Crippen LogP contribution in [0.15, 0.2) is 30.9 Å². The van der Waals surface area contributed by atoms with Gasteiger partial charge in [-0.15, -0.1) is 0 Å². The normalized spacial score (nSPS) is 11.0. The van der Waals surface area contributed by atoms with Gasteiger partial charge in [0.1, 0.15) is 12.7 Å². The van der Waals surface area contributed by atoms with E-state index >= 15 is 0 Å². The van der Waals surface area contributed by atoms with Gasteiger partial charge in [-0.1, -0.05) is 36.2 Å². The molecule has 1 N–H and O–H groups in total. The third kappa shape index (κ3) is 5.49. The van der Waals surface area contributed by atoms with E-state index in [1.807, 2.05) is 6.92 Å². The fraction of sp³-hybridized carbons (Fsp3) is 0.400. The average molecular weight is 356 g/mol. The van der Waals surface area contributed by atoms with E-state index in [2.05, 4.69) is 20.3 Å². The van der Waals surface area contributed by atoms with E-state index in [-0.39, 0.29) is 12.5 Å². The summed E-state index contributed by atoms with van der Waals surface area (Å²) in [5.74, 6) is -0.136. The smallest absolute Gasteiger partial charge is 0.238 e. The van der Waals surface area contributed by atoms with E-state index in [1.165, 1.54) is 6.33 Å². The van der Waals surface area contributed by atoms with Gasteiger partial charge in [0.05, 0.1) is 22.3 Å². The summed E-state index contributed by atoms with van der Waals surface area (Å²) in [6, 6.07) is 5.13. The molecule has 0 spiro atoms. The Bertz CT molecular complexity index is 613. The zero-order chi connectivity index (χ0) is 16.7. The van der Waals surface area contributed by atoms with Gasteiger partial charge in [0.15, 0.2) is 0 Å². The molecule has 0 saturated carbocycles. The molecule has 0 radical (unpaired) electrons. The van der Waals surface area contributed by atoms with Crippen LogP contribution in [0.5, 0.6) is 0 Å². The molecular weight excluding hydrogens is 337 g/mol. The Morgan fingerprint density at radius 1 is 1.35 bits per heavy atom. The second kappa shape index (κ2) is 8.86. The van der Waals surface area contributed by atoms with E-state index in [9.17, 15) is 4.79 Å². The average Bonchev–Trinajstić information content (AvgIpc) is 3.03. The maximum absolute atomic E-state index is 12.2. The first-order chi connectivity index (χ1) is 11.1. The Morgan fingerprint density at radius 3 is 2.70 bits per heavy atom. The predicted octanol–water partition coefficient (Wildman–Crippen LogP) is 2.94. The molecule has 0 aliphatic rings. The summed E-state index contributed by atoms with van der Waals surface area (Å²) in [5, 5.41) is 7.69. The van der Waals surface area contributed by atoms with Crippen molar-refractivity contribution in [3.05, 3.63) is 40.9 Å². The van der Waals surface area contributed by atoms with Gasteiger partial charge in [0.25, 0.3) is 0 Å². The highest BCUT2D eigenvalue weighted by molar-refractivity contribution is 6.39. The molecule has 0 saturated heterocycles. The number of nitrogens with one attached hydrogen (secondary N) is 1. The van der Waals surface area contributed by atoms with E-state index in [4.69, 9.17) is 23.2 Å². The number of carbonyl (C=O) groups excluding carboxylic acids is 1. The highest BCUT2D eigenvalue weighted by Gasteiger charge is 2.12. The molecule has 0 unspecified atom stereocenters. The molecule has 23 heavy (non-hydrogen) atoms. The topological polar surface area (TPSA) is 63.1 Å². The largest absolute Gasteiger partial charge is 0.322 e. The number of aryl methyl sites for hydroxylation is 1. The van der Waals surface area contributed by atoms with Crippen LogP contribution in [-0.4, -0.2) is 45.2 Å². The molecule has 0 aliphatic carbocycles. The summed E-state index contributed by atoms with van der Waals surface area (Å²) in [6.07, 6.45) is 4.08. The Kier molecular flexibility index (Phi) is 6.83. The fourth-order valence-electron chi connectivity index (χ4n) is 2.15. The monoisotopic (exact) mass is 355 g/mol. The molecule has 0 atom stereocenters. The van der Waals surface area contributed by atoms with Crippen molar-refractivity contribution in [3.63, 3.8) is 0 Å². The van der Waals surface area contributed by atoms with Crippen LogP contribution in [0.2, 0.25) is 10.0 Å². The first-order valence-electron chi connectivity index (χ1n) is 7.38. The molecule has 124 valence electrons. The van der Waals surface area contributed by atoms with Crippen LogP contribution >= 0.6 is 23.2 Å². The summed E-state index contributed by atoms with van der Waals surface area (Å²) in [7, 11) is 0. The minimum absolute atomic E-state index is 0.136. The minimum atomic E-state index is -0.136. The maximum atomic E-state index is 12.2. The first-order valence-corrected chi connectivity index (χ1v) is 8.14. The molecule has 0 aliphatic heterocycles. The van der Waals surface area contributed by atoms with Crippen molar-refractivity contribution < 1.29 is 4.79 Å². The van der Waals surface area contributed by atoms with Crippen LogP contribution in [0.25, 0.3) is 0 Å². The molecule has 6 nitrogen and oxygen atoms in total. The third-order valence-electron chi connectivity index (χ3n) is 3.37. The molecule has 1 aromatic carbocycles. The van der Waals surface area contributed by atoms with Crippen molar-refractivity contribution in [1.29, 1.82) is 0 Å². The van der Waals surface area contributed by atoms with E-state index in [1.54, 1.807) is 29.2 Å². The lowest BCUT2D eigenvalue weighted by Crippen LogP contribution is -2.34. The van der Waals surface area contributed by atoms with Crippen molar-refractivity contribution in [3.8, 4) is 0 Å². The SMILES string of the molecule is CCN(CCCn1cncn1)CC(=O)Nc1c(Cl)cccc1Cl. The number of hydrogen-bond acceptors (Lipinski definition) is 4. The Labute approximate surface area is 145 Å². The second-order valence-electron chi connectivity index (χ2n) is 5.03. The van der Waals surface area contributed by atoms with Gasteiger partial charge in [-0.05, 0) is 25.1 Å². The van der Waals surface area contributed by atoms with Gasteiger partial charge in [-0.2, -0.15) is 5.10 Å². The van der Waals surface area contributed by atoms with Gasteiger partial charge >= 0.3 is 0 Å². The number of para-hydroxylation sites is 1. The van der Waals surface area contributed by atoms with Gasteiger partial charge in [0.2, 0.25) is 5.91 Å². The van der Waals surface area contributed by atoms with Crippen LogP contribution in [0.3, 0.4) is 0 Å². The Hall–Kier alpha value is -1.63. The molecule has 1 heterocycles. The third-order valence-corrected chi connectivity index (χ3v) is 4.00. The van der Waals surface area contributed by atoms with E-state index < -0.39 is 0 Å². The molecule has 0 fully saturated rings. The van der Waals surface area contributed by atoms with Crippen molar-refractivity contribution in [2.45, 2.75) is 19.9 Å². The van der Waals surface area contributed by atoms with Crippen molar-refractivity contribution >= 4 is 34.8 Å². The number of anilines is 1. The highest BCUT2D eigenvalue weighted by Crippen LogP contribution is 2.29. The lowest BCUT2D eigenvalue weighted by atomic mass is 10.3. The van der Waals surface area contributed by atoms with Crippen LogP contribution in [0, 0.1) is 0 Å². The number of amides is 1. The van der Waals surface area contributed by atoms with Crippen LogP contribution in [0.4, 0.5) is 5.69 Å². The number of carbonyl (C=O) groups is 1. The molecular formula is C15H19Cl2N5O. The highest BCUT2D eigenvalue weighted by atomic mass is 35.5. The minimum Gasteiger partial charge on any atom is -0.322 e. The Morgan fingerprint density at radius 2 is 2.09 bits per heavy atom. The van der Waals surface area contributed by atoms with Crippen LogP contribution in [-0.2, 0) is 11.3 Å². The predicted molar refractivity (Wildman–Crippen MR) is 91.8 cm³/mol. The summed E-state index contributed by atoms with van der Waals surface area (Å²) < 4.78 is 1.78. The lowest BCUT2D eigenvalue weighted by Gasteiger charge is -2.20. The molecule has 1 aromatic heterocycles. The quantitative estimate of drug-likeness (QED) is 0.790. The number of likely N-dealkylation sites (N-methyl/N-ethyl adjacent to an activating group) is 1. The lowest BCUT2D eigenvalue weighted by molar-refractivity contribution is -0.117. The van der Waals surface area contributed by atoms with Crippen LogP contribution < -0.4 is 5.32 Å². The maximum Gasteiger partial charge on any atom is 0.238 e. The van der Waals surface area contributed by atoms with Gasteiger partial charge in [0, 0.05) is 13.1 Å². The number of nitrogens with zero attached hydrogens (tertiary/aromatic N) is 4. The van der Waals surface area contributed by atoms with Crippen molar-refractivity contribution in [1.82, 2.24) is 19.7 Å². The number of hydrogen-bond donors (Lipinski definition) is 1. The van der Waals surface area contributed by atoms with Crippen molar-refractivity contribution in [2.24, 2.45) is 0 Å². The van der Waals surface area contributed by atoms with E-state index in [0.717, 1.165) is 26.1 Å². The molecule has 8 heteroatoms. The Balaban J connectivity index is 1.82. The molecule has 2 rings (SSSR count).